The monoisotopic (exact) mass is 382 g/mol. The summed E-state index contributed by atoms with van der Waals surface area (Å²) in [6, 6.07) is 8.45. The van der Waals surface area contributed by atoms with Crippen LogP contribution in [-0.2, 0) is 6.42 Å². The van der Waals surface area contributed by atoms with E-state index in [1.807, 2.05) is 22.9 Å². The van der Waals surface area contributed by atoms with E-state index in [9.17, 15) is 0 Å². The Morgan fingerprint density at radius 2 is 2.00 bits per heavy atom. The van der Waals surface area contributed by atoms with Crippen molar-refractivity contribution < 1.29 is 0 Å². The van der Waals surface area contributed by atoms with Gasteiger partial charge in [0.25, 0.3) is 0 Å². The second-order valence-electron chi connectivity index (χ2n) is 4.50. The number of hydrazine groups is 2. The minimum absolute atomic E-state index is 0.825. The van der Waals surface area contributed by atoms with Crippen LogP contribution in [0.15, 0.2) is 35.6 Å². The molecule has 0 amide bonds. The molecule has 7 heteroatoms. The number of hydrazone groups is 1. The van der Waals surface area contributed by atoms with Crippen LogP contribution in [0.25, 0.3) is 5.69 Å². The number of nitrogens with zero attached hydrogens (tertiary/aromatic N) is 4. The first kappa shape index (κ1) is 13.4. The molecule has 0 unspecified atom stereocenters. The van der Waals surface area contributed by atoms with Crippen molar-refractivity contribution >= 4 is 28.4 Å². The zero-order valence-corrected chi connectivity index (χ0v) is 13.4. The lowest BCUT2D eigenvalue weighted by Gasteiger charge is -2.11. The molecule has 2 heterocycles. The van der Waals surface area contributed by atoms with Crippen LogP contribution in [0.2, 0.25) is 0 Å². The second-order valence-corrected chi connectivity index (χ2v) is 5.52. The number of hydrogen-bond donors (Lipinski definition) is 2. The minimum Gasteiger partial charge on any atom is -0.274 e. The van der Waals surface area contributed by atoms with Crippen molar-refractivity contribution in [3.8, 4) is 5.69 Å². The molecule has 0 saturated heterocycles. The van der Waals surface area contributed by atoms with Gasteiger partial charge < -0.3 is 0 Å². The van der Waals surface area contributed by atoms with Gasteiger partial charge >= 0.3 is 0 Å². The van der Waals surface area contributed by atoms with Crippen LogP contribution in [-0.4, -0.2) is 27.7 Å². The number of aryl methyl sites for hydroxylation is 1. The fraction of sp³-hybridized carbons (Fsp3) is 0.231. The third-order valence-corrected chi connectivity index (χ3v) is 4.28. The van der Waals surface area contributed by atoms with Crippen LogP contribution in [0.5, 0.6) is 0 Å². The molecule has 0 fully saturated rings. The summed E-state index contributed by atoms with van der Waals surface area (Å²) in [5.41, 5.74) is 9.00. The van der Waals surface area contributed by atoms with Crippen LogP contribution < -0.4 is 11.1 Å². The van der Waals surface area contributed by atoms with Gasteiger partial charge in [-0.2, -0.15) is 5.10 Å². The summed E-state index contributed by atoms with van der Waals surface area (Å²) in [5.74, 6) is 0.825. The number of amidine groups is 1. The van der Waals surface area contributed by atoms with Gasteiger partial charge in [0, 0.05) is 7.05 Å². The summed E-state index contributed by atoms with van der Waals surface area (Å²) in [6.45, 7) is 2.15. The van der Waals surface area contributed by atoms with Gasteiger partial charge in [-0.15, -0.1) is 10.6 Å². The fourth-order valence-corrected chi connectivity index (χ4v) is 2.84. The Hall–Kier alpha value is -1.61. The molecule has 0 radical (unpaired) electrons. The Balaban J connectivity index is 1.97. The minimum atomic E-state index is 0.825. The molecule has 0 bridgehead atoms. The Morgan fingerprint density at radius 1 is 1.25 bits per heavy atom. The SMILES string of the molecule is CCc1ccc(-n2ncc(C3=NNNN3C)c2I)cc1. The average Bonchev–Trinajstić information content (AvgIpc) is 3.05. The van der Waals surface area contributed by atoms with Gasteiger partial charge in [-0.25, -0.2) is 10.2 Å². The standard InChI is InChI=1S/C13H15IN6/c1-3-9-4-6-10(7-5-9)20-12(14)11(8-15-20)13-16-17-18-19(13)2/h4-8,17-18H,3H2,1-2H3. The normalized spacial score (nSPS) is 14.3. The van der Waals surface area contributed by atoms with Gasteiger partial charge in [-0.05, 0) is 46.7 Å². The molecule has 1 aromatic heterocycles. The number of aromatic nitrogens is 2. The molecule has 1 aliphatic rings. The largest absolute Gasteiger partial charge is 0.274 e. The molecule has 1 aliphatic heterocycles. The van der Waals surface area contributed by atoms with Gasteiger partial charge in [0.15, 0.2) is 5.84 Å². The van der Waals surface area contributed by atoms with Crippen molar-refractivity contribution in [2.75, 3.05) is 7.05 Å². The maximum atomic E-state index is 4.47. The Kier molecular flexibility index (Phi) is 3.62. The van der Waals surface area contributed by atoms with E-state index >= 15 is 0 Å². The summed E-state index contributed by atoms with van der Waals surface area (Å²) in [7, 11) is 1.91. The highest BCUT2D eigenvalue weighted by Crippen LogP contribution is 2.19. The van der Waals surface area contributed by atoms with E-state index in [2.05, 4.69) is 75.0 Å². The van der Waals surface area contributed by atoms with Gasteiger partial charge in [0.2, 0.25) is 0 Å². The smallest absolute Gasteiger partial charge is 0.177 e. The summed E-state index contributed by atoms with van der Waals surface area (Å²) in [6.07, 6.45) is 2.88. The molecule has 104 valence electrons. The highest BCUT2D eigenvalue weighted by molar-refractivity contribution is 14.1. The van der Waals surface area contributed by atoms with Gasteiger partial charge in [0.1, 0.15) is 3.70 Å². The van der Waals surface area contributed by atoms with E-state index in [1.54, 1.807) is 0 Å². The quantitative estimate of drug-likeness (QED) is 0.793. The lowest BCUT2D eigenvalue weighted by atomic mass is 10.1. The molecular formula is C13H15IN6. The second kappa shape index (κ2) is 5.41. The van der Waals surface area contributed by atoms with Crippen LogP contribution >= 0.6 is 22.6 Å². The maximum absolute atomic E-state index is 4.47. The average molecular weight is 382 g/mol. The molecular weight excluding hydrogens is 367 g/mol. The van der Waals surface area contributed by atoms with Crippen molar-refractivity contribution in [3.05, 3.63) is 45.3 Å². The molecule has 20 heavy (non-hydrogen) atoms. The molecule has 0 saturated carbocycles. The topological polar surface area (TPSA) is 57.5 Å². The van der Waals surface area contributed by atoms with Gasteiger partial charge in [-0.3, -0.25) is 5.01 Å². The predicted molar refractivity (Wildman–Crippen MR) is 86.2 cm³/mol. The summed E-state index contributed by atoms with van der Waals surface area (Å²) < 4.78 is 2.95. The van der Waals surface area contributed by atoms with Crippen molar-refractivity contribution in [1.82, 2.24) is 25.9 Å². The summed E-state index contributed by atoms with van der Waals surface area (Å²) >= 11 is 2.29. The Morgan fingerprint density at radius 3 is 2.60 bits per heavy atom. The molecule has 2 aromatic rings. The summed E-state index contributed by atoms with van der Waals surface area (Å²) in [5, 5.41) is 10.5. The predicted octanol–water partition coefficient (Wildman–Crippen LogP) is 1.66. The molecule has 2 N–H and O–H groups in total. The molecule has 0 aliphatic carbocycles. The zero-order chi connectivity index (χ0) is 14.1. The molecule has 1 aromatic carbocycles. The third kappa shape index (κ3) is 2.27. The molecule has 3 rings (SSSR count). The fourth-order valence-electron chi connectivity index (χ4n) is 2.06. The zero-order valence-electron chi connectivity index (χ0n) is 11.3. The van der Waals surface area contributed by atoms with Crippen molar-refractivity contribution in [3.63, 3.8) is 0 Å². The van der Waals surface area contributed by atoms with Gasteiger partial charge in [0.05, 0.1) is 17.4 Å². The lowest BCUT2D eigenvalue weighted by Crippen LogP contribution is -2.37. The van der Waals surface area contributed by atoms with E-state index in [4.69, 9.17) is 0 Å². The van der Waals surface area contributed by atoms with Crippen LogP contribution in [0.3, 0.4) is 0 Å². The number of hydrogen-bond acceptors (Lipinski definition) is 5. The lowest BCUT2D eigenvalue weighted by molar-refractivity contribution is 0.349. The van der Waals surface area contributed by atoms with Crippen LogP contribution in [0.1, 0.15) is 18.1 Å². The first-order valence-electron chi connectivity index (χ1n) is 6.36. The molecule has 0 spiro atoms. The molecule has 0 atom stereocenters. The van der Waals surface area contributed by atoms with Crippen molar-refractivity contribution in [1.29, 1.82) is 0 Å². The van der Waals surface area contributed by atoms with E-state index in [0.29, 0.717) is 0 Å². The number of rotatable bonds is 3. The van der Waals surface area contributed by atoms with E-state index in [0.717, 1.165) is 27.2 Å². The third-order valence-electron chi connectivity index (χ3n) is 3.24. The van der Waals surface area contributed by atoms with E-state index < -0.39 is 0 Å². The Labute approximate surface area is 130 Å². The van der Waals surface area contributed by atoms with E-state index in [1.165, 1.54) is 5.56 Å². The van der Waals surface area contributed by atoms with Crippen molar-refractivity contribution in [2.45, 2.75) is 13.3 Å². The van der Waals surface area contributed by atoms with Crippen LogP contribution in [0, 0.1) is 3.70 Å². The highest BCUT2D eigenvalue weighted by atomic mass is 127. The van der Waals surface area contributed by atoms with Gasteiger partial charge in [-0.1, -0.05) is 19.1 Å². The Bertz CT molecular complexity index is 645. The first-order valence-corrected chi connectivity index (χ1v) is 7.44. The highest BCUT2D eigenvalue weighted by Gasteiger charge is 2.21. The first-order chi connectivity index (χ1) is 9.70. The number of nitrogens with one attached hydrogen (secondary N) is 2. The maximum Gasteiger partial charge on any atom is 0.177 e. The van der Waals surface area contributed by atoms with Crippen molar-refractivity contribution in [2.24, 2.45) is 5.10 Å². The van der Waals surface area contributed by atoms with Crippen LogP contribution in [0.4, 0.5) is 0 Å². The summed E-state index contributed by atoms with van der Waals surface area (Å²) in [4.78, 5) is 0. The number of halogens is 1. The number of benzene rings is 1. The van der Waals surface area contributed by atoms with E-state index in [-0.39, 0.29) is 0 Å². The molecule has 6 nitrogen and oxygen atoms in total.